The Balaban J connectivity index is 1.90. The van der Waals surface area contributed by atoms with Crippen molar-refractivity contribution in [2.24, 2.45) is 0 Å². The van der Waals surface area contributed by atoms with Crippen molar-refractivity contribution in [3.05, 3.63) is 86.9 Å². The van der Waals surface area contributed by atoms with E-state index in [1.165, 1.54) is 11.8 Å². The van der Waals surface area contributed by atoms with Crippen molar-refractivity contribution in [1.82, 2.24) is 4.90 Å². The third kappa shape index (κ3) is 4.50. The van der Waals surface area contributed by atoms with Gasteiger partial charge in [0.2, 0.25) is 0 Å². The Morgan fingerprint density at radius 1 is 0.970 bits per heavy atom. The van der Waals surface area contributed by atoms with E-state index in [2.05, 4.69) is 26.1 Å². The van der Waals surface area contributed by atoms with E-state index in [0.717, 1.165) is 28.8 Å². The summed E-state index contributed by atoms with van der Waals surface area (Å²) in [5.41, 5.74) is 4.19. The average molecular weight is 540 g/mol. The van der Waals surface area contributed by atoms with Crippen LogP contribution in [0.25, 0.3) is 0 Å². The average Bonchev–Trinajstić information content (AvgIpc) is 2.81. The first-order valence-electron chi connectivity index (χ1n) is 10.7. The van der Waals surface area contributed by atoms with Crippen LogP contribution in [0.15, 0.2) is 64.0 Å². The molecule has 0 fully saturated rings. The van der Waals surface area contributed by atoms with Gasteiger partial charge in [-0.25, -0.2) is 0 Å². The molecule has 0 aliphatic heterocycles. The van der Waals surface area contributed by atoms with E-state index in [-0.39, 0.29) is 11.6 Å². The molecule has 3 aromatic rings. The highest BCUT2D eigenvalue weighted by molar-refractivity contribution is 9.10. The molecular weight excluding hydrogens is 516 g/mol. The molecule has 0 saturated heterocycles. The third-order valence-corrected chi connectivity index (χ3v) is 8.10. The van der Waals surface area contributed by atoms with Crippen molar-refractivity contribution in [3.8, 4) is 0 Å². The summed E-state index contributed by atoms with van der Waals surface area (Å²) < 4.78 is 1.39. The molecule has 4 rings (SSSR count). The second kappa shape index (κ2) is 9.79. The topological polar surface area (TPSA) is 49.4 Å². The molecule has 0 spiro atoms. The van der Waals surface area contributed by atoms with Crippen molar-refractivity contribution < 1.29 is 9.59 Å². The number of carbonyl (C=O) groups excluding carboxylic acids is 2. The number of nitrogens with zero attached hydrogens (tertiary/aromatic N) is 1. The van der Waals surface area contributed by atoms with Crippen LogP contribution in [0.2, 0.25) is 0 Å². The number of hydrogen-bond donors (Lipinski definition) is 1. The van der Waals surface area contributed by atoms with E-state index in [1.807, 2.05) is 51.1 Å². The van der Waals surface area contributed by atoms with Crippen molar-refractivity contribution >= 4 is 67.2 Å². The van der Waals surface area contributed by atoms with E-state index in [4.69, 9.17) is 12.2 Å². The van der Waals surface area contributed by atoms with Gasteiger partial charge in [-0.1, -0.05) is 65.9 Å². The molecule has 168 valence electrons. The maximum absolute atomic E-state index is 13.7. The minimum absolute atomic E-state index is 0.168. The molecule has 0 bridgehead atoms. The fourth-order valence-corrected chi connectivity index (χ4v) is 6.05. The molecule has 0 saturated carbocycles. The number of hydrogen-bond acceptors (Lipinski definition) is 5. The van der Waals surface area contributed by atoms with Crippen molar-refractivity contribution in [2.45, 2.75) is 25.7 Å². The predicted molar refractivity (Wildman–Crippen MR) is 143 cm³/mol. The molecule has 0 radical (unpaired) electrons. The van der Waals surface area contributed by atoms with Gasteiger partial charge in [0.1, 0.15) is 4.32 Å². The highest BCUT2D eigenvalue weighted by atomic mass is 79.9. The van der Waals surface area contributed by atoms with E-state index < -0.39 is 0 Å². The van der Waals surface area contributed by atoms with Gasteiger partial charge in [0, 0.05) is 39.3 Å². The van der Waals surface area contributed by atoms with Crippen molar-refractivity contribution in [2.75, 3.05) is 18.4 Å². The number of fused-ring (bicyclic) bond motifs is 2. The summed E-state index contributed by atoms with van der Waals surface area (Å²) in [6.07, 6.45) is 0. The number of carbonyl (C=O) groups is 2. The normalized spacial score (nSPS) is 12.2. The molecule has 0 amide bonds. The van der Waals surface area contributed by atoms with Crippen LogP contribution in [0.5, 0.6) is 0 Å². The second-order valence-corrected chi connectivity index (χ2v) is 10.2. The van der Waals surface area contributed by atoms with Crippen LogP contribution < -0.4 is 5.32 Å². The number of halogens is 1. The molecular formula is C26H23BrN2O2S2. The quantitative estimate of drug-likeness (QED) is 0.218. The minimum atomic E-state index is -0.169. The van der Waals surface area contributed by atoms with Gasteiger partial charge in [-0.05, 0) is 54.9 Å². The summed E-state index contributed by atoms with van der Waals surface area (Å²) in [5.74, 6) is -0.337. The van der Waals surface area contributed by atoms with Crippen molar-refractivity contribution in [3.63, 3.8) is 0 Å². The molecule has 0 aromatic heterocycles. The molecule has 0 atom stereocenters. The number of thioether (sulfide) groups is 1. The lowest BCUT2D eigenvalue weighted by atomic mass is 9.83. The summed E-state index contributed by atoms with van der Waals surface area (Å²) in [5, 5.41) is 3.35. The smallest absolute Gasteiger partial charge is 0.196 e. The van der Waals surface area contributed by atoms with Gasteiger partial charge >= 0.3 is 0 Å². The Morgan fingerprint density at radius 3 is 2.12 bits per heavy atom. The van der Waals surface area contributed by atoms with E-state index in [1.54, 1.807) is 24.3 Å². The lowest BCUT2D eigenvalue weighted by molar-refractivity contribution is 0.0977. The number of thiocarbonyl (C=S) groups is 1. The lowest BCUT2D eigenvalue weighted by Crippen LogP contribution is -2.27. The SMILES string of the molecule is CCN(CC)C(=S)Sc1c(Br)cc(Nc2ccc(C)cc2)c2c1C(=O)c1ccccc1C2=O. The fourth-order valence-electron chi connectivity index (χ4n) is 3.86. The Morgan fingerprint density at radius 2 is 1.55 bits per heavy atom. The van der Waals surface area contributed by atoms with Gasteiger partial charge < -0.3 is 10.2 Å². The molecule has 7 heteroatoms. The Hall–Kier alpha value is -2.48. The zero-order valence-electron chi connectivity index (χ0n) is 18.6. The summed E-state index contributed by atoms with van der Waals surface area (Å²) in [4.78, 5) is 30.1. The van der Waals surface area contributed by atoms with E-state index in [0.29, 0.717) is 37.2 Å². The predicted octanol–water partition coefficient (Wildman–Crippen LogP) is 7.00. The first-order chi connectivity index (χ1) is 15.8. The summed E-state index contributed by atoms with van der Waals surface area (Å²) in [6, 6.07) is 16.8. The van der Waals surface area contributed by atoms with Crippen LogP contribution >= 0.6 is 39.9 Å². The summed E-state index contributed by atoms with van der Waals surface area (Å²) in [6.45, 7) is 7.64. The molecule has 1 N–H and O–H groups in total. The highest BCUT2D eigenvalue weighted by Gasteiger charge is 2.35. The van der Waals surface area contributed by atoms with Crippen LogP contribution in [-0.2, 0) is 0 Å². The van der Waals surface area contributed by atoms with Gasteiger partial charge in [-0.3, -0.25) is 9.59 Å². The monoisotopic (exact) mass is 538 g/mol. The number of nitrogens with one attached hydrogen (secondary N) is 1. The van der Waals surface area contributed by atoms with Crippen molar-refractivity contribution in [1.29, 1.82) is 0 Å². The number of ketones is 2. The zero-order valence-corrected chi connectivity index (χ0v) is 21.8. The Labute approximate surface area is 211 Å². The van der Waals surface area contributed by atoms with E-state index >= 15 is 0 Å². The van der Waals surface area contributed by atoms with Crippen LogP contribution in [0, 0.1) is 6.92 Å². The fraction of sp³-hybridized carbons (Fsp3) is 0.192. The van der Waals surface area contributed by atoms with Gasteiger partial charge in [0.05, 0.1) is 16.8 Å². The number of benzene rings is 3. The summed E-state index contributed by atoms with van der Waals surface area (Å²) >= 11 is 10.7. The maximum atomic E-state index is 13.7. The highest BCUT2D eigenvalue weighted by Crippen LogP contribution is 2.43. The molecule has 1 aliphatic rings. The van der Waals surface area contributed by atoms with Gasteiger partial charge in [0.15, 0.2) is 11.6 Å². The van der Waals surface area contributed by atoms with Gasteiger partial charge in [-0.15, -0.1) is 0 Å². The van der Waals surface area contributed by atoms with Crippen LogP contribution in [-0.4, -0.2) is 33.9 Å². The number of aryl methyl sites for hydroxylation is 1. The van der Waals surface area contributed by atoms with Crippen LogP contribution in [0.1, 0.15) is 51.3 Å². The third-order valence-electron chi connectivity index (χ3n) is 5.65. The second-order valence-electron chi connectivity index (χ2n) is 7.72. The van der Waals surface area contributed by atoms with Gasteiger partial charge in [-0.2, -0.15) is 0 Å². The minimum Gasteiger partial charge on any atom is -0.358 e. The summed E-state index contributed by atoms with van der Waals surface area (Å²) in [7, 11) is 0. The van der Waals surface area contributed by atoms with Gasteiger partial charge in [0.25, 0.3) is 0 Å². The standard InChI is InChI=1S/C26H23BrN2O2S2/c1-4-29(5-2)26(32)33-25-19(27)14-20(28-16-12-10-15(3)11-13-16)21-22(25)24(31)18-9-7-6-8-17(18)23(21)30/h6-14,28H,4-5H2,1-3H3. The molecule has 3 aromatic carbocycles. The molecule has 1 aliphatic carbocycles. The molecule has 0 unspecified atom stereocenters. The number of rotatable bonds is 5. The molecule has 33 heavy (non-hydrogen) atoms. The Bertz CT molecular complexity index is 1270. The first-order valence-corrected chi connectivity index (χ1v) is 12.7. The Kier molecular flexibility index (Phi) is 7.02. The zero-order chi connectivity index (χ0) is 23.7. The number of anilines is 2. The van der Waals surface area contributed by atoms with Crippen LogP contribution in [0.4, 0.5) is 11.4 Å². The van der Waals surface area contributed by atoms with E-state index in [9.17, 15) is 9.59 Å². The lowest BCUT2D eigenvalue weighted by Gasteiger charge is -2.26. The largest absolute Gasteiger partial charge is 0.358 e. The molecule has 0 heterocycles. The first kappa shape index (κ1) is 23.7. The molecule has 4 nitrogen and oxygen atoms in total. The van der Waals surface area contributed by atoms with Crippen LogP contribution in [0.3, 0.4) is 0 Å². The maximum Gasteiger partial charge on any atom is 0.196 e.